The highest BCUT2D eigenvalue weighted by atomic mass is 19.1. The van der Waals surface area contributed by atoms with Crippen molar-refractivity contribution in [1.82, 2.24) is 4.57 Å². The monoisotopic (exact) mass is 329 g/mol. The van der Waals surface area contributed by atoms with E-state index in [1.165, 1.54) is 29.9 Å². The molecule has 1 aromatic carbocycles. The Morgan fingerprint density at radius 1 is 1.29 bits per heavy atom. The van der Waals surface area contributed by atoms with E-state index in [1.54, 1.807) is 12.1 Å². The molecule has 2 heterocycles. The summed E-state index contributed by atoms with van der Waals surface area (Å²) < 4.78 is 15.2. The van der Waals surface area contributed by atoms with Gasteiger partial charge in [0.2, 0.25) is 5.78 Å². The molecule has 2 atom stereocenters. The molecule has 128 valence electrons. The number of hydrogen-bond donors (Lipinski definition) is 1. The van der Waals surface area contributed by atoms with Crippen LogP contribution in [0.1, 0.15) is 41.5 Å². The number of likely N-dealkylation sites (tertiary alicyclic amines) is 1. The third-order valence-corrected chi connectivity index (χ3v) is 5.09. The fourth-order valence-electron chi connectivity index (χ4n) is 3.91. The molecule has 0 aliphatic carbocycles. The van der Waals surface area contributed by atoms with Gasteiger partial charge in [-0.05, 0) is 57.0 Å². The van der Waals surface area contributed by atoms with Gasteiger partial charge in [-0.2, -0.15) is 0 Å². The van der Waals surface area contributed by atoms with E-state index in [0.29, 0.717) is 12.5 Å². The lowest BCUT2D eigenvalue weighted by atomic mass is 9.99. The third-order valence-electron chi connectivity index (χ3n) is 5.09. The van der Waals surface area contributed by atoms with Crippen LogP contribution in [-0.4, -0.2) is 30.0 Å². The molecular weight excluding hydrogens is 303 g/mol. The zero-order valence-corrected chi connectivity index (χ0v) is 14.7. The van der Waals surface area contributed by atoms with Gasteiger partial charge in [0.15, 0.2) is 0 Å². The molecule has 0 spiro atoms. The summed E-state index contributed by atoms with van der Waals surface area (Å²) in [5.74, 6) is 0.661. The number of carbonyl (C=O) groups excluding carboxylic acids is 1. The van der Waals surface area contributed by atoms with E-state index in [-0.39, 0.29) is 11.6 Å². The minimum absolute atomic E-state index is 0.209. The summed E-state index contributed by atoms with van der Waals surface area (Å²) in [6, 6.07) is 8.38. The molecule has 1 unspecified atom stereocenters. The number of piperidine rings is 1. The predicted molar refractivity (Wildman–Crippen MR) is 93.5 cm³/mol. The van der Waals surface area contributed by atoms with Crippen molar-refractivity contribution in [2.75, 3.05) is 19.6 Å². The first-order chi connectivity index (χ1) is 11.5. The van der Waals surface area contributed by atoms with Gasteiger partial charge in [-0.1, -0.05) is 6.92 Å². The smallest absolute Gasteiger partial charge is 0.218 e. The number of ketones is 1. The highest BCUT2D eigenvalue weighted by Gasteiger charge is 2.25. The molecule has 0 bridgehead atoms. The van der Waals surface area contributed by atoms with Gasteiger partial charge < -0.3 is 9.47 Å². The molecule has 1 N–H and O–H groups in total. The van der Waals surface area contributed by atoms with Crippen LogP contribution < -0.4 is 4.90 Å². The highest BCUT2D eigenvalue weighted by Crippen LogP contribution is 2.21. The van der Waals surface area contributed by atoms with Crippen molar-refractivity contribution < 1.29 is 14.1 Å². The molecule has 3 nitrogen and oxygen atoms in total. The van der Waals surface area contributed by atoms with Crippen LogP contribution in [0.2, 0.25) is 0 Å². The zero-order valence-electron chi connectivity index (χ0n) is 14.7. The second-order valence-electron chi connectivity index (χ2n) is 7.15. The molecule has 2 aromatic rings. The molecule has 3 rings (SSSR count). The van der Waals surface area contributed by atoms with Crippen LogP contribution in [0.4, 0.5) is 4.39 Å². The van der Waals surface area contributed by atoms with E-state index in [4.69, 9.17) is 0 Å². The second-order valence-corrected chi connectivity index (χ2v) is 7.15. The first kappa shape index (κ1) is 16.9. The van der Waals surface area contributed by atoms with E-state index in [2.05, 4.69) is 6.92 Å². The van der Waals surface area contributed by atoms with Crippen molar-refractivity contribution in [2.24, 2.45) is 5.92 Å². The predicted octanol–water partition coefficient (Wildman–Crippen LogP) is 2.73. The Hall–Kier alpha value is -1.94. The number of aryl methyl sites for hydroxylation is 1. The number of carbonyl (C=O) groups is 1. The van der Waals surface area contributed by atoms with Crippen molar-refractivity contribution in [2.45, 2.75) is 33.6 Å². The second kappa shape index (κ2) is 6.89. The van der Waals surface area contributed by atoms with Crippen molar-refractivity contribution in [3.8, 4) is 5.69 Å². The van der Waals surface area contributed by atoms with Gasteiger partial charge in [0, 0.05) is 28.6 Å². The Morgan fingerprint density at radius 2 is 2.00 bits per heavy atom. The van der Waals surface area contributed by atoms with E-state index >= 15 is 0 Å². The maximum Gasteiger partial charge on any atom is 0.218 e. The number of Topliss-reactive ketones (excluding diaryl/α,β-unsaturated/α-hetero) is 1. The average molecular weight is 329 g/mol. The summed E-state index contributed by atoms with van der Waals surface area (Å²) in [5.41, 5.74) is 3.63. The fourth-order valence-corrected chi connectivity index (χ4v) is 3.91. The summed E-state index contributed by atoms with van der Waals surface area (Å²) in [7, 11) is 0. The van der Waals surface area contributed by atoms with Gasteiger partial charge in [0.05, 0.1) is 13.1 Å². The summed E-state index contributed by atoms with van der Waals surface area (Å²) >= 11 is 0. The Kier molecular flexibility index (Phi) is 4.86. The molecule has 1 fully saturated rings. The number of aromatic nitrogens is 1. The lowest BCUT2D eigenvalue weighted by Gasteiger charge is -2.27. The van der Waals surface area contributed by atoms with Crippen LogP contribution in [0.25, 0.3) is 5.69 Å². The lowest BCUT2D eigenvalue weighted by molar-refractivity contribution is -0.900. The van der Waals surface area contributed by atoms with Crippen LogP contribution in [0.5, 0.6) is 0 Å². The van der Waals surface area contributed by atoms with Gasteiger partial charge in [0.25, 0.3) is 0 Å². The Balaban J connectivity index is 1.83. The molecule has 4 heteroatoms. The first-order valence-electron chi connectivity index (χ1n) is 8.77. The van der Waals surface area contributed by atoms with Crippen molar-refractivity contribution in [1.29, 1.82) is 0 Å². The van der Waals surface area contributed by atoms with E-state index in [1.807, 2.05) is 24.5 Å². The average Bonchev–Trinajstić information content (AvgIpc) is 2.83. The zero-order chi connectivity index (χ0) is 17.3. The molecule has 1 aromatic heterocycles. The molecule has 0 saturated carbocycles. The van der Waals surface area contributed by atoms with E-state index in [0.717, 1.165) is 35.7 Å². The van der Waals surface area contributed by atoms with Crippen LogP contribution in [0.3, 0.4) is 0 Å². The highest BCUT2D eigenvalue weighted by molar-refractivity contribution is 5.98. The SMILES string of the molecule is Cc1cc(C(=O)C[NH+]2CCC[C@H](C)C2)c(C)n1-c1ccc(F)cc1. The maximum atomic E-state index is 13.2. The van der Waals surface area contributed by atoms with E-state index in [9.17, 15) is 9.18 Å². The van der Waals surface area contributed by atoms with Crippen molar-refractivity contribution in [3.05, 3.63) is 53.1 Å². The van der Waals surface area contributed by atoms with Crippen LogP contribution in [-0.2, 0) is 0 Å². The quantitative estimate of drug-likeness (QED) is 0.858. The maximum absolute atomic E-state index is 13.2. The van der Waals surface area contributed by atoms with Gasteiger partial charge in [-0.25, -0.2) is 4.39 Å². The summed E-state index contributed by atoms with van der Waals surface area (Å²) in [6.45, 7) is 8.97. The number of hydrogen-bond acceptors (Lipinski definition) is 1. The molecule has 24 heavy (non-hydrogen) atoms. The van der Waals surface area contributed by atoms with Gasteiger partial charge in [-0.3, -0.25) is 4.79 Å². The van der Waals surface area contributed by atoms with Crippen LogP contribution >= 0.6 is 0 Å². The normalized spacial score (nSPS) is 21.0. The molecule has 1 saturated heterocycles. The van der Waals surface area contributed by atoms with Gasteiger partial charge in [-0.15, -0.1) is 0 Å². The topological polar surface area (TPSA) is 26.4 Å². The number of nitrogens with one attached hydrogen (secondary N) is 1. The molecular formula is C20H26FN2O+. The van der Waals surface area contributed by atoms with Gasteiger partial charge in [0.1, 0.15) is 12.4 Å². The van der Waals surface area contributed by atoms with Crippen molar-refractivity contribution in [3.63, 3.8) is 0 Å². The number of rotatable bonds is 4. The minimum Gasteiger partial charge on any atom is -0.328 e. The lowest BCUT2D eigenvalue weighted by Crippen LogP contribution is -3.14. The Morgan fingerprint density at radius 3 is 2.67 bits per heavy atom. The summed E-state index contributed by atoms with van der Waals surface area (Å²) in [6.07, 6.45) is 2.48. The summed E-state index contributed by atoms with van der Waals surface area (Å²) in [4.78, 5) is 14.2. The number of quaternary nitrogens is 1. The number of halogens is 1. The summed E-state index contributed by atoms with van der Waals surface area (Å²) in [5, 5.41) is 0. The first-order valence-corrected chi connectivity index (χ1v) is 8.77. The molecule has 0 radical (unpaired) electrons. The third kappa shape index (κ3) is 3.44. The number of nitrogens with zero attached hydrogens (tertiary/aromatic N) is 1. The van der Waals surface area contributed by atoms with E-state index < -0.39 is 0 Å². The number of benzene rings is 1. The minimum atomic E-state index is -0.250. The Labute approximate surface area is 143 Å². The standard InChI is InChI=1S/C20H25FN2O/c1-14-5-4-10-22(12-14)13-20(24)19-11-15(2)23(16(19)3)18-8-6-17(21)7-9-18/h6-9,11,14H,4-5,10,12-13H2,1-3H3/p+1/t14-/m0/s1. The fraction of sp³-hybridized carbons (Fsp3) is 0.450. The van der Waals surface area contributed by atoms with Crippen LogP contribution in [0, 0.1) is 25.6 Å². The molecule has 0 amide bonds. The molecule has 1 aliphatic rings. The Bertz CT molecular complexity index is 733. The van der Waals surface area contributed by atoms with Crippen LogP contribution in [0.15, 0.2) is 30.3 Å². The largest absolute Gasteiger partial charge is 0.328 e. The molecule has 1 aliphatic heterocycles. The van der Waals surface area contributed by atoms with Gasteiger partial charge >= 0.3 is 0 Å². The van der Waals surface area contributed by atoms with Crippen molar-refractivity contribution >= 4 is 5.78 Å².